The molecule has 0 saturated carbocycles. The number of methoxy groups -OCH3 is 1. The van der Waals surface area contributed by atoms with E-state index >= 15 is 0 Å². The van der Waals surface area contributed by atoms with Gasteiger partial charge in [0.15, 0.2) is 0 Å². The minimum atomic E-state index is -0.416. The number of carbonyl (C=O) groups excluding carboxylic acids is 2. The predicted octanol–water partition coefficient (Wildman–Crippen LogP) is 1.67. The molecule has 1 atom stereocenters. The third kappa shape index (κ3) is 4.71. The smallest absolute Gasteiger partial charge is 0.229 e. The topological polar surface area (TPSA) is 113 Å². The van der Waals surface area contributed by atoms with Crippen molar-refractivity contribution in [3.8, 4) is 0 Å². The predicted molar refractivity (Wildman–Crippen MR) is 111 cm³/mol. The molecule has 0 aliphatic carbocycles. The number of carbonyl (C=O) groups is 2. The Hall–Kier alpha value is -3.11. The van der Waals surface area contributed by atoms with Crippen molar-refractivity contribution >= 4 is 28.3 Å². The number of aromatic nitrogens is 4. The molecule has 0 bridgehead atoms. The van der Waals surface area contributed by atoms with E-state index in [1.165, 1.54) is 11.3 Å². The molecule has 1 aliphatic heterocycles. The van der Waals surface area contributed by atoms with Gasteiger partial charge in [0.1, 0.15) is 5.01 Å². The number of hydrogen-bond acceptors (Lipinski definition) is 7. The van der Waals surface area contributed by atoms with Crippen LogP contribution in [0.1, 0.15) is 28.4 Å². The summed E-state index contributed by atoms with van der Waals surface area (Å²) in [6, 6.07) is 11.8. The quantitative estimate of drug-likeness (QED) is 0.567. The van der Waals surface area contributed by atoms with Gasteiger partial charge in [0.05, 0.1) is 30.5 Å². The van der Waals surface area contributed by atoms with Gasteiger partial charge in [-0.2, -0.15) is 5.10 Å². The van der Waals surface area contributed by atoms with Crippen molar-refractivity contribution in [1.29, 1.82) is 0 Å². The second-order valence-electron chi connectivity index (χ2n) is 7.08. The van der Waals surface area contributed by atoms with Crippen molar-refractivity contribution in [2.24, 2.45) is 5.92 Å². The van der Waals surface area contributed by atoms with E-state index in [4.69, 9.17) is 4.74 Å². The minimum absolute atomic E-state index is 0.110. The van der Waals surface area contributed by atoms with Crippen LogP contribution in [0.3, 0.4) is 0 Å². The van der Waals surface area contributed by atoms with E-state index in [1.54, 1.807) is 12.0 Å². The molecule has 1 fully saturated rings. The molecule has 0 spiro atoms. The van der Waals surface area contributed by atoms with E-state index in [-0.39, 0.29) is 18.2 Å². The average molecular weight is 427 g/mol. The summed E-state index contributed by atoms with van der Waals surface area (Å²) in [4.78, 5) is 26.6. The number of anilines is 1. The van der Waals surface area contributed by atoms with Gasteiger partial charge < -0.3 is 10.1 Å². The molecule has 10 heteroatoms. The Kier molecular flexibility index (Phi) is 6.15. The zero-order chi connectivity index (χ0) is 20.9. The molecule has 156 valence electrons. The lowest BCUT2D eigenvalue weighted by Crippen LogP contribution is -2.32. The lowest BCUT2D eigenvalue weighted by atomic mass is 10.1. The molecule has 2 N–H and O–H groups in total. The second-order valence-corrected chi connectivity index (χ2v) is 8.12. The van der Waals surface area contributed by atoms with Crippen LogP contribution in [0.5, 0.6) is 0 Å². The number of hydrogen-bond donors (Lipinski definition) is 2. The first-order valence-electron chi connectivity index (χ1n) is 9.59. The molecule has 0 radical (unpaired) electrons. The highest BCUT2D eigenvalue weighted by atomic mass is 32.1. The molecule has 1 aliphatic rings. The standard InChI is InChI=1S/C20H22N6O3S/c1-29-12-16-9-15(22-23-16)10-21-19(28)14-8-18(27)26(11-14)20-25-24-17(30-20)7-13-5-3-2-4-6-13/h2-6,9,14H,7-8,10-12H2,1H3,(H,21,28)(H,22,23). The highest BCUT2D eigenvalue weighted by Crippen LogP contribution is 2.28. The molecule has 4 rings (SSSR count). The van der Waals surface area contributed by atoms with Gasteiger partial charge in [-0.05, 0) is 11.6 Å². The summed E-state index contributed by atoms with van der Waals surface area (Å²) in [6.07, 6.45) is 0.830. The molecule has 2 aromatic heterocycles. The zero-order valence-electron chi connectivity index (χ0n) is 16.5. The molecule has 1 saturated heterocycles. The summed E-state index contributed by atoms with van der Waals surface area (Å²) in [5, 5.41) is 19.6. The van der Waals surface area contributed by atoms with E-state index in [1.807, 2.05) is 36.4 Å². The number of ether oxygens (including phenoxy) is 1. The van der Waals surface area contributed by atoms with Crippen LogP contribution in [0.4, 0.5) is 5.13 Å². The number of benzene rings is 1. The van der Waals surface area contributed by atoms with Gasteiger partial charge in [-0.1, -0.05) is 41.7 Å². The van der Waals surface area contributed by atoms with E-state index in [0.29, 0.717) is 31.2 Å². The van der Waals surface area contributed by atoms with Crippen LogP contribution in [0, 0.1) is 5.92 Å². The van der Waals surface area contributed by atoms with Crippen LogP contribution in [-0.4, -0.2) is 45.9 Å². The number of H-pyrrole nitrogens is 1. The molecular formula is C20H22N6O3S. The van der Waals surface area contributed by atoms with Crippen molar-refractivity contribution in [2.45, 2.75) is 26.0 Å². The lowest BCUT2D eigenvalue weighted by molar-refractivity contribution is -0.126. The Balaban J connectivity index is 1.32. The largest absolute Gasteiger partial charge is 0.378 e. The maximum Gasteiger partial charge on any atom is 0.229 e. The van der Waals surface area contributed by atoms with Gasteiger partial charge in [0.2, 0.25) is 16.9 Å². The zero-order valence-corrected chi connectivity index (χ0v) is 17.3. The molecular weight excluding hydrogens is 404 g/mol. The average Bonchev–Trinajstić information content (AvgIpc) is 3.47. The summed E-state index contributed by atoms with van der Waals surface area (Å²) in [5.74, 6) is -0.690. The van der Waals surface area contributed by atoms with Crippen LogP contribution >= 0.6 is 11.3 Å². The molecule has 3 heterocycles. The third-order valence-corrected chi connectivity index (χ3v) is 5.76. The highest BCUT2D eigenvalue weighted by Gasteiger charge is 2.36. The number of aromatic amines is 1. The van der Waals surface area contributed by atoms with Crippen LogP contribution in [0.2, 0.25) is 0 Å². The van der Waals surface area contributed by atoms with E-state index < -0.39 is 5.92 Å². The Morgan fingerprint density at radius 1 is 1.33 bits per heavy atom. The van der Waals surface area contributed by atoms with Crippen molar-refractivity contribution < 1.29 is 14.3 Å². The van der Waals surface area contributed by atoms with Gasteiger partial charge in [-0.15, -0.1) is 10.2 Å². The number of nitrogens with one attached hydrogen (secondary N) is 2. The summed E-state index contributed by atoms with van der Waals surface area (Å²) >= 11 is 1.39. The van der Waals surface area contributed by atoms with Crippen LogP contribution < -0.4 is 10.2 Å². The van der Waals surface area contributed by atoms with E-state index in [0.717, 1.165) is 22.0 Å². The SMILES string of the molecule is COCc1cc(CNC(=O)C2CC(=O)N(c3nnc(Cc4ccccc4)s3)C2)[nH]n1. The van der Waals surface area contributed by atoms with Crippen molar-refractivity contribution in [3.63, 3.8) is 0 Å². The van der Waals surface area contributed by atoms with Gasteiger partial charge in [0, 0.05) is 26.5 Å². The summed E-state index contributed by atoms with van der Waals surface area (Å²) < 4.78 is 5.03. The van der Waals surface area contributed by atoms with Crippen LogP contribution in [-0.2, 0) is 33.9 Å². The number of rotatable bonds is 8. The van der Waals surface area contributed by atoms with Gasteiger partial charge in [0.25, 0.3) is 0 Å². The fourth-order valence-electron chi connectivity index (χ4n) is 3.31. The third-order valence-electron chi connectivity index (χ3n) is 4.81. The van der Waals surface area contributed by atoms with Gasteiger partial charge in [-0.25, -0.2) is 0 Å². The maximum atomic E-state index is 12.5. The second kappa shape index (κ2) is 9.14. The molecule has 3 aromatic rings. The fourth-order valence-corrected chi connectivity index (χ4v) is 4.21. The summed E-state index contributed by atoms with van der Waals surface area (Å²) in [6.45, 7) is 1.04. The minimum Gasteiger partial charge on any atom is -0.378 e. The normalized spacial score (nSPS) is 16.2. The van der Waals surface area contributed by atoms with Crippen molar-refractivity contribution in [2.75, 3.05) is 18.6 Å². The molecule has 2 amide bonds. The van der Waals surface area contributed by atoms with E-state index in [2.05, 4.69) is 25.7 Å². The first-order chi connectivity index (χ1) is 14.6. The molecule has 9 nitrogen and oxygen atoms in total. The number of nitrogens with zero attached hydrogens (tertiary/aromatic N) is 4. The van der Waals surface area contributed by atoms with Gasteiger partial charge >= 0.3 is 0 Å². The first kappa shape index (κ1) is 20.2. The first-order valence-corrected chi connectivity index (χ1v) is 10.4. The van der Waals surface area contributed by atoms with E-state index in [9.17, 15) is 9.59 Å². The Morgan fingerprint density at radius 3 is 2.97 bits per heavy atom. The molecule has 30 heavy (non-hydrogen) atoms. The highest BCUT2D eigenvalue weighted by molar-refractivity contribution is 7.15. The van der Waals surface area contributed by atoms with Crippen LogP contribution in [0.15, 0.2) is 36.4 Å². The van der Waals surface area contributed by atoms with Crippen molar-refractivity contribution in [3.05, 3.63) is 58.4 Å². The summed E-state index contributed by atoms with van der Waals surface area (Å²) in [5.41, 5.74) is 2.69. The molecule has 1 aromatic carbocycles. The Labute approximate surface area is 177 Å². The monoisotopic (exact) mass is 426 g/mol. The fraction of sp³-hybridized carbons (Fsp3) is 0.350. The molecule has 1 unspecified atom stereocenters. The number of amides is 2. The Bertz CT molecular complexity index is 1020. The van der Waals surface area contributed by atoms with Gasteiger partial charge in [-0.3, -0.25) is 19.6 Å². The summed E-state index contributed by atoms with van der Waals surface area (Å²) in [7, 11) is 1.60. The van der Waals surface area contributed by atoms with Crippen molar-refractivity contribution in [1.82, 2.24) is 25.7 Å². The Morgan fingerprint density at radius 2 is 2.17 bits per heavy atom. The van der Waals surface area contributed by atoms with Crippen LogP contribution in [0.25, 0.3) is 0 Å². The lowest BCUT2D eigenvalue weighted by Gasteiger charge is -2.12. The maximum absolute atomic E-state index is 12.5.